The molecule has 6 rings (SSSR count). The van der Waals surface area contributed by atoms with Gasteiger partial charge in [0, 0.05) is 27.3 Å². The Hall–Kier alpha value is -2.51. The Bertz CT molecular complexity index is 1310. The summed E-state index contributed by atoms with van der Waals surface area (Å²) in [5, 5.41) is 4.44. The summed E-state index contributed by atoms with van der Waals surface area (Å²) in [6.45, 7) is 2.03. The second-order valence-electron chi connectivity index (χ2n) is 9.75. The number of benzene rings is 2. The number of anilines is 1. The predicted octanol–water partition coefficient (Wildman–Crippen LogP) is 5.52. The summed E-state index contributed by atoms with van der Waals surface area (Å²) in [6, 6.07) is 16.0. The first-order valence-electron chi connectivity index (χ1n) is 11.9. The largest absolute Gasteiger partial charge is 0.496 e. The number of amides is 1. The highest BCUT2D eigenvalue weighted by Crippen LogP contribution is 2.64. The van der Waals surface area contributed by atoms with E-state index in [1.807, 2.05) is 55.1 Å². The monoisotopic (exact) mass is 492 g/mol. The first-order valence-corrected chi connectivity index (χ1v) is 13.6. The van der Waals surface area contributed by atoms with Crippen LogP contribution in [0.5, 0.6) is 5.75 Å². The van der Waals surface area contributed by atoms with Crippen molar-refractivity contribution in [1.29, 1.82) is 0 Å². The van der Waals surface area contributed by atoms with E-state index in [1.165, 1.54) is 36.2 Å². The van der Waals surface area contributed by atoms with Crippen LogP contribution < -0.4 is 14.9 Å². The van der Waals surface area contributed by atoms with E-state index in [0.29, 0.717) is 23.0 Å². The van der Waals surface area contributed by atoms with Crippen molar-refractivity contribution in [3.63, 3.8) is 0 Å². The van der Waals surface area contributed by atoms with Crippen molar-refractivity contribution < 1.29 is 9.53 Å². The summed E-state index contributed by atoms with van der Waals surface area (Å²) in [7, 11) is 1.72. The van der Waals surface area contributed by atoms with Crippen LogP contribution in [0.2, 0.25) is 0 Å². The first kappa shape index (κ1) is 22.0. The quantitative estimate of drug-likeness (QED) is 0.510. The zero-order valence-electron chi connectivity index (χ0n) is 19.3. The normalized spacial score (nSPS) is 26.7. The molecule has 5 unspecified atom stereocenters. The maximum Gasteiger partial charge on any atom is 0.308 e. The van der Waals surface area contributed by atoms with Crippen molar-refractivity contribution >= 4 is 34.7 Å². The third-order valence-corrected chi connectivity index (χ3v) is 10.6. The fourth-order valence-corrected chi connectivity index (χ4v) is 9.57. The first-order chi connectivity index (χ1) is 16.5. The molecule has 1 aromatic heterocycles. The lowest BCUT2D eigenvalue weighted by molar-refractivity contribution is -0.116. The number of para-hydroxylation sites is 1. The molecule has 1 aliphatic heterocycles. The highest BCUT2D eigenvalue weighted by Gasteiger charge is 2.55. The van der Waals surface area contributed by atoms with Crippen LogP contribution in [0.15, 0.2) is 58.4 Å². The van der Waals surface area contributed by atoms with Crippen molar-refractivity contribution in [3.05, 3.63) is 74.2 Å². The molecule has 1 N–H and O–H groups in total. The van der Waals surface area contributed by atoms with E-state index < -0.39 is 0 Å². The molecule has 1 amide bonds. The van der Waals surface area contributed by atoms with Gasteiger partial charge >= 0.3 is 4.87 Å². The minimum absolute atomic E-state index is 0.0374. The minimum atomic E-state index is -0.169. The Labute approximate surface area is 207 Å². The van der Waals surface area contributed by atoms with Crippen LogP contribution in [0.25, 0.3) is 0 Å². The summed E-state index contributed by atoms with van der Waals surface area (Å²) in [5.74, 6) is 2.76. The van der Waals surface area contributed by atoms with Crippen LogP contribution in [0, 0.1) is 24.7 Å². The molecular formula is C27H28N2O3S2. The van der Waals surface area contributed by atoms with Gasteiger partial charge in [0.25, 0.3) is 0 Å². The topological polar surface area (TPSA) is 60.3 Å². The molecule has 2 heterocycles. The standard InChI is InChI=1S/C27H28N2O3S2/c1-15-6-5-7-18(12-15)28-21(30)14-29-26-25(34-27(29)31)23(19-8-3-4-9-20(19)32-2)22-16-10-11-17(13-16)24(22)33-26/h3-9,12,16-17,22-24H,10-11,13-14H2,1-2H3,(H,28,30). The van der Waals surface area contributed by atoms with Crippen LogP contribution in [0.4, 0.5) is 5.69 Å². The number of ether oxygens (including phenoxy) is 1. The predicted molar refractivity (Wildman–Crippen MR) is 137 cm³/mol. The fraction of sp³-hybridized carbons (Fsp3) is 0.407. The number of nitrogens with one attached hydrogen (secondary N) is 1. The van der Waals surface area contributed by atoms with Crippen molar-refractivity contribution in [2.75, 3.05) is 12.4 Å². The van der Waals surface area contributed by atoms with Crippen LogP contribution >= 0.6 is 23.1 Å². The summed E-state index contributed by atoms with van der Waals surface area (Å²) >= 11 is 3.17. The summed E-state index contributed by atoms with van der Waals surface area (Å²) in [6.07, 6.45) is 3.83. The third-order valence-electron chi connectivity index (χ3n) is 7.77. The highest BCUT2D eigenvalue weighted by molar-refractivity contribution is 8.00. The number of aromatic nitrogens is 1. The number of thiazole rings is 1. The zero-order valence-corrected chi connectivity index (χ0v) is 21.0. The van der Waals surface area contributed by atoms with Gasteiger partial charge in [-0.3, -0.25) is 14.2 Å². The highest BCUT2D eigenvalue weighted by atomic mass is 32.2. The molecule has 3 aromatic rings. The van der Waals surface area contributed by atoms with Crippen molar-refractivity contribution in [1.82, 2.24) is 4.57 Å². The molecular weight excluding hydrogens is 464 g/mol. The average Bonchev–Trinajstić information content (AvgIpc) is 3.52. The second-order valence-corrected chi connectivity index (χ2v) is 11.9. The number of thioether (sulfide) groups is 1. The van der Waals surface area contributed by atoms with E-state index in [4.69, 9.17) is 4.74 Å². The van der Waals surface area contributed by atoms with Crippen LogP contribution in [0.3, 0.4) is 0 Å². The number of hydrogen-bond acceptors (Lipinski definition) is 5. The number of methoxy groups -OCH3 is 1. The Morgan fingerprint density at radius 3 is 2.79 bits per heavy atom. The summed E-state index contributed by atoms with van der Waals surface area (Å²) < 4.78 is 7.48. The smallest absolute Gasteiger partial charge is 0.308 e. The minimum Gasteiger partial charge on any atom is -0.496 e. The molecule has 0 radical (unpaired) electrons. The Kier molecular flexibility index (Phi) is 5.57. The number of fused-ring (bicyclic) bond motifs is 6. The van der Waals surface area contributed by atoms with E-state index in [0.717, 1.165) is 26.9 Å². The van der Waals surface area contributed by atoms with Gasteiger partial charge < -0.3 is 10.1 Å². The molecule has 7 heteroatoms. The molecule has 34 heavy (non-hydrogen) atoms. The molecule has 2 saturated carbocycles. The molecule has 5 atom stereocenters. The maximum atomic E-state index is 13.2. The summed E-state index contributed by atoms with van der Waals surface area (Å²) in [5.41, 5.74) is 3.02. The van der Waals surface area contributed by atoms with Gasteiger partial charge in [0.15, 0.2) is 0 Å². The SMILES string of the molecule is COc1ccccc1C1c2sc(=O)n(CC(=O)Nc3cccc(C)c3)c2SC2C3CCC(C3)C12. The third kappa shape index (κ3) is 3.60. The number of carbonyl (C=O) groups is 1. The van der Waals surface area contributed by atoms with E-state index in [-0.39, 0.29) is 23.2 Å². The Balaban J connectivity index is 1.39. The van der Waals surface area contributed by atoms with E-state index in [2.05, 4.69) is 17.4 Å². The average molecular weight is 493 g/mol. The van der Waals surface area contributed by atoms with Crippen LogP contribution in [-0.4, -0.2) is 22.8 Å². The fourth-order valence-electron chi connectivity index (χ4n) is 6.43. The molecule has 2 aliphatic carbocycles. The van der Waals surface area contributed by atoms with Gasteiger partial charge in [-0.05, 0) is 67.7 Å². The number of hydrogen-bond donors (Lipinski definition) is 1. The van der Waals surface area contributed by atoms with Gasteiger partial charge in [-0.15, -0.1) is 11.8 Å². The van der Waals surface area contributed by atoms with Gasteiger partial charge in [0.05, 0.1) is 12.1 Å². The molecule has 5 nitrogen and oxygen atoms in total. The maximum absolute atomic E-state index is 13.2. The van der Waals surface area contributed by atoms with Gasteiger partial charge in [-0.25, -0.2) is 0 Å². The van der Waals surface area contributed by atoms with Crippen LogP contribution in [0.1, 0.15) is 41.2 Å². The number of carbonyl (C=O) groups excluding carboxylic acids is 1. The van der Waals surface area contributed by atoms with Crippen molar-refractivity contribution in [2.45, 2.75) is 48.9 Å². The van der Waals surface area contributed by atoms with Gasteiger partial charge in [0.2, 0.25) is 5.91 Å². The number of rotatable bonds is 5. The molecule has 3 aliphatic rings. The number of aryl methyl sites for hydroxylation is 1. The molecule has 176 valence electrons. The second kappa shape index (κ2) is 8.61. The van der Waals surface area contributed by atoms with Crippen molar-refractivity contribution in [2.24, 2.45) is 17.8 Å². The molecule has 0 spiro atoms. The lowest BCUT2D eigenvalue weighted by atomic mass is 9.74. The van der Waals surface area contributed by atoms with Crippen LogP contribution in [-0.2, 0) is 11.3 Å². The van der Waals surface area contributed by atoms with Crippen molar-refractivity contribution in [3.8, 4) is 5.75 Å². The molecule has 0 saturated heterocycles. The van der Waals surface area contributed by atoms with E-state index in [9.17, 15) is 9.59 Å². The molecule has 2 aromatic carbocycles. The van der Waals surface area contributed by atoms with Gasteiger partial charge in [-0.2, -0.15) is 0 Å². The van der Waals surface area contributed by atoms with E-state index in [1.54, 1.807) is 11.7 Å². The number of nitrogens with zero attached hydrogens (tertiary/aromatic N) is 1. The lowest BCUT2D eigenvalue weighted by Gasteiger charge is -2.40. The van der Waals surface area contributed by atoms with Gasteiger partial charge in [-0.1, -0.05) is 41.7 Å². The molecule has 2 bridgehead atoms. The van der Waals surface area contributed by atoms with E-state index >= 15 is 0 Å². The Morgan fingerprint density at radius 1 is 1.15 bits per heavy atom. The zero-order chi connectivity index (χ0) is 23.4. The molecule has 2 fully saturated rings. The summed E-state index contributed by atoms with van der Waals surface area (Å²) in [4.78, 5) is 27.2. The Morgan fingerprint density at radius 2 is 1.97 bits per heavy atom. The van der Waals surface area contributed by atoms with Gasteiger partial charge in [0.1, 0.15) is 12.3 Å². The lowest BCUT2D eigenvalue weighted by Crippen LogP contribution is -2.35.